The van der Waals surface area contributed by atoms with Crippen LogP contribution in [0.3, 0.4) is 0 Å². The molecule has 0 radical (unpaired) electrons. The van der Waals surface area contributed by atoms with E-state index in [1.54, 1.807) is 30.3 Å². The summed E-state index contributed by atoms with van der Waals surface area (Å²) in [6, 6.07) is 9.81. The molecule has 7 heteroatoms. The second-order valence-corrected chi connectivity index (χ2v) is 5.41. The number of nitrogens with one attached hydrogen (secondary N) is 2. The number of hydrogen-bond donors (Lipinski definition) is 2. The van der Waals surface area contributed by atoms with Crippen molar-refractivity contribution in [2.45, 2.75) is 0 Å². The van der Waals surface area contributed by atoms with Crippen LogP contribution in [0.2, 0.25) is 0 Å². The Hall–Kier alpha value is -3.48. The highest BCUT2D eigenvalue weighted by atomic mass is 16.5. The first kappa shape index (κ1) is 19.8. The molecule has 0 saturated carbocycles. The molecule has 0 atom stereocenters. The van der Waals surface area contributed by atoms with Gasteiger partial charge in [-0.15, -0.1) is 6.58 Å². The first-order valence-corrected chi connectivity index (χ1v) is 8.15. The summed E-state index contributed by atoms with van der Waals surface area (Å²) >= 11 is 0. The molecule has 142 valence electrons. The van der Waals surface area contributed by atoms with E-state index in [0.29, 0.717) is 40.6 Å². The summed E-state index contributed by atoms with van der Waals surface area (Å²) in [5.74, 6) is 0.382. The largest absolute Gasteiger partial charge is 0.493 e. The first-order chi connectivity index (χ1) is 13.0. The lowest BCUT2D eigenvalue weighted by atomic mass is 10.1. The Morgan fingerprint density at radius 1 is 1.00 bits per heavy atom. The van der Waals surface area contributed by atoms with Crippen molar-refractivity contribution in [3.05, 3.63) is 60.2 Å². The number of amides is 2. The number of benzene rings is 2. The Kier molecular flexibility index (Phi) is 6.82. The fourth-order valence-electron chi connectivity index (χ4n) is 2.46. The van der Waals surface area contributed by atoms with Crippen molar-refractivity contribution in [2.75, 3.05) is 33.2 Å². The minimum Gasteiger partial charge on any atom is -0.493 e. The van der Waals surface area contributed by atoms with Crippen LogP contribution >= 0.6 is 0 Å². The molecule has 2 aromatic carbocycles. The van der Waals surface area contributed by atoms with Crippen molar-refractivity contribution in [3.8, 4) is 17.2 Å². The molecule has 27 heavy (non-hydrogen) atoms. The van der Waals surface area contributed by atoms with Crippen LogP contribution < -0.4 is 24.8 Å². The third kappa shape index (κ3) is 4.58. The van der Waals surface area contributed by atoms with Crippen LogP contribution in [0.25, 0.3) is 0 Å². The number of hydrogen-bond acceptors (Lipinski definition) is 5. The number of methoxy groups -OCH3 is 3. The quantitative estimate of drug-likeness (QED) is 0.698. The fourth-order valence-corrected chi connectivity index (χ4v) is 2.46. The van der Waals surface area contributed by atoms with Crippen LogP contribution in [0, 0.1) is 0 Å². The number of rotatable bonds is 8. The van der Waals surface area contributed by atoms with E-state index in [-0.39, 0.29) is 5.91 Å². The SMILES string of the molecule is C=CCNC(=O)c1ccccc1NC(=O)c1cc(OC)c(OC)c(OC)c1. The van der Waals surface area contributed by atoms with E-state index in [1.807, 2.05) is 0 Å². The highest BCUT2D eigenvalue weighted by Crippen LogP contribution is 2.38. The van der Waals surface area contributed by atoms with Crippen molar-refractivity contribution in [2.24, 2.45) is 0 Å². The smallest absolute Gasteiger partial charge is 0.255 e. The summed E-state index contributed by atoms with van der Waals surface area (Å²) in [5.41, 5.74) is 1.03. The maximum Gasteiger partial charge on any atom is 0.255 e. The Morgan fingerprint density at radius 2 is 1.63 bits per heavy atom. The highest BCUT2D eigenvalue weighted by Gasteiger charge is 2.18. The molecule has 0 aliphatic heterocycles. The standard InChI is InChI=1S/C20H22N2O5/c1-5-10-21-20(24)14-8-6-7-9-15(14)22-19(23)13-11-16(25-2)18(27-4)17(12-13)26-3/h5-9,11-12H,1,10H2,2-4H3,(H,21,24)(H,22,23). The lowest BCUT2D eigenvalue weighted by Gasteiger charge is -2.15. The summed E-state index contributed by atoms with van der Waals surface area (Å²) in [5, 5.41) is 5.44. The molecule has 0 bridgehead atoms. The molecule has 2 aromatic rings. The minimum atomic E-state index is -0.418. The molecule has 0 spiro atoms. The molecule has 2 amide bonds. The Balaban J connectivity index is 2.33. The van der Waals surface area contributed by atoms with E-state index in [2.05, 4.69) is 17.2 Å². The van der Waals surface area contributed by atoms with Crippen molar-refractivity contribution in [3.63, 3.8) is 0 Å². The zero-order chi connectivity index (χ0) is 19.8. The number of ether oxygens (including phenoxy) is 3. The average Bonchev–Trinajstić information content (AvgIpc) is 2.70. The van der Waals surface area contributed by atoms with Gasteiger partial charge in [0.2, 0.25) is 5.75 Å². The van der Waals surface area contributed by atoms with Crippen LogP contribution in [0.4, 0.5) is 5.69 Å². The van der Waals surface area contributed by atoms with Gasteiger partial charge in [0, 0.05) is 12.1 Å². The summed E-state index contributed by atoms with van der Waals surface area (Å²) in [7, 11) is 4.43. The van der Waals surface area contributed by atoms with Gasteiger partial charge in [0.05, 0.1) is 32.6 Å². The molecule has 7 nitrogen and oxygen atoms in total. The molecule has 0 heterocycles. The van der Waals surface area contributed by atoms with E-state index in [4.69, 9.17) is 14.2 Å². The summed E-state index contributed by atoms with van der Waals surface area (Å²) in [6.07, 6.45) is 1.58. The molecule has 0 unspecified atom stereocenters. The van der Waals surface area contributed by atoms with Gasteiger partial charge in [0.1, 0.15) is 0 Å². The van der Waals surface area contributed by atoms with Crippen LogP contribution in [0.5, 0.6) is 17.2 Å². The van der Waals surface area contributed by atoms with Gasteiger partial charge in [-0.1, -0.05) is 18.2 Å². The normalized spacial score (nSPS) is 9.89. The maximum absolute atomic E-state index is 12.7. The molecule has 0 aliphatic carbocycles. The predicted octanol–water partition coefficient (Wildman–Crippen LogP) is 2.88. The zero-order valence-corrected chi connectivity index (χ0v) is 15.5. The maximum atomic E-state index is 12.7. The number of carbonyl (C=O) groups is 2. The van der Waals surface area contributed by atoms with Crippen molar-refractivity contribution >= 4 is 17.5 Å². The molecule has 2 N–H and O–H groups in total. The topological polar surface area (TPSA) is 85.9 Å². The lowest BCUT2D eigenvalue weighted by Crippen LogP contribution is -2.25. The molecule has 0 aliphatic rings. The minimum absolute atomic E-state index is 0.297. The van der Waals surface area contributed by atoms with Gasteiger partial charge in [0.15, 0.2) is 11.5 Å². The molecule has 2 rings (SSSR count). The van der Waals surface area contributed by atoms with Gasteiger partial charge >= 0.3 is 0 Å². The van der Waals surface area contributed by atoms with Crippen LogP contribution in [0.1, 0.15) is 20.7 Å². The average molecular weight is 370 g/mol. The number of para-hydroxylation sites is 1. The Morgan fingerprint density at radius 3 is 2.19 bits per heavy atom. The van der Waals surface area contributed by atoms with Crippen molar-refractivity contribution < 1.29 is 23.8 Å². The van der Waals surface area contributed by atoms with Gasteiger partial charge in [-0.3, -0.25) is 9.59 Å². The van der Waals surface area contributed by atoms with Crippen LogP contribution in [-0.2, 0) is 0 Å². The van der Waals surface area contributed by atoms with Gasteiger partial charge in [-0.05, 0) is 24.3 Å². The van der Waals surface area contributed by atoms with Crippen LogP contribution in [0.15, 0.2) is 49.1 Å². The van der Waals surface area contributed by atoms with E-state index in [1.165, 1.54) is 33.5 Å². The van der Waals surface area contributed by atoms with Crippen LogP contribution in [-0.4, -0.2) is 39.7 Å². The molecular formula is C20H22N2O5. The summed E-state index contributed by atoms with van der Waals surface area (Å²) < 4.78 is 15.8. The van der Waals surface area contributed by atoms with Crippen molar-refractivity contribution in [1.82, 2.24) is 5.32 Å². The third-order valence-electron chi connectivity index (χ3n) is 3.75. The molecule has 0 saturated heterocycles. The Labute approximate surface area is 157 Å². The zero-order valence-electron chi connectivity index (χ0n) is 15.5. The van der Waals surface area contributed by atoms with Gasteiger partial charge in [-0.2, -0.15) is 0 Å². The second-order valence-electron chi connectivity index (χ2n) is 5.41. The number of carbonyl (C=O) groups excluding carboxylic acids is 2. The number of anilines is 1. The third-order valence-corrected chi connectivity index (χ3v) is 3.75. The van der Waals surface area contributed by atoms with E-state index < -0.39 is 5.91 Å². The summed E-state index contributed by atoms with van der Waals surface area (Å²) in [6.45, 7) is 3.89. The molecule has 0 fully saturated rings. The summed E-state index contributed by atoms with van der Waals surface area (Å²) in [4.78, 5) is 25.0. The molecule has 0 aromatic heterocycles. The van der Waals surface area contributed by atoms with E-state index >= 15 is 0 Å². The molecular weight excluding hydrogens is 348 g/mol. The van der Waals surface area contributed by atoms with E-state index in [0.717, 1.165) is 0 Å². The second kappa shape index (κ2) is 9.28. The van der Waals surface area contributed by atoms with Gasteiger partial charge < -0.3 is 24.8 Å². The van der Waals surface area contributed by atoms with Gasteiger partial charge in [-0.25, -0.2) is 0 Å². The Bertz CT molecular complexity index is 823. The van der Waals surface area contributed by atoms with Crippen molar-refractivity contribution in [1.29, 1.82) is 0 Å². The predicted molar refractivity (Wildman–Crippen MR) is 103 cm³/mol. The highest BCUT2D eigenvalue weighted by molar-refractivity contribution is 6.09. The lowest BCUT2D eigenvalue weighted by molar-refractivity contribution is 0.0959. The monoisotopic (exact) mass is 370 g/mol. The van der Waals surface area contributed by atoms with Gasteiger partial charge in [0.25, 0.3) is 11.8 Å². The van der Waals surface area contributed by atoms with E-state index in [9.17, 15) is 9.59 Å². The first-order valence-electron chi connectivity index (χ1n) is 8.15. The fraction of sp³-hybridized carbons (Fsp3) is 0.200.